The Kier molecular flexibility index (Phi) is 22.9. The van der Waals surface area contributed by atoms with Crippen molar-refractivity contribution >= 4 is 46.4 Å². The van der Waals surface area contributed by atoms with Gasteiger partial charge in [-0.25, -0.2) is 0 Å². The topological polar surface area (TPSA) is 0 Å². The van der Waals surface area contributed by atoms with Gasteiger partial charge >= 0.3 is 0 Å². The van der Waals surface area contributed by atoms with Gasteiger partial charge in [0.2, 0.25) is 0 Å². The number of halogens is 4. The van der Waals surface area contributed by atoms with E-state index in [9.17, 15) is 0 Å². The summed E-state index contributed by atoms with van der Waals surface area (Å²) in [7, 11) is 0. The van der Waals surface area contributed by atoms with Crippen molar-refractivity contribution < 1.29 is 0 Å². The molecule has 0 unspecified atom stereocenters. The first-order chi connectivity index (χ1) is 4.33. The quantitative estimate of drug-likeness (QED) is 0.629. The van der Waals surface area contributed by atoms with Crippen molar-refractivity contribution in [1.29, 1.82) is 0 Å². The minimum atomic E-state index is 0.557. The zero-order valence-electron chi connectivity index (χ0n) is 5.05. The van der Waals surface area contributed by atoms with Gasteiger partial charge in [-0.2, -0.15) is 0 Å². The summed E-state index contributed by atoms with van der Waals surface area (Å²) in [5, 5.41) is 0. The molecule has 0 aromatic rings. The highest BCUT2D eigenvalue weighted by molar-refractivity contribution is 6.25. The third-order valence-corrected chi connectivity index (χ3v) is 1.44. The number of hydrogen-bond acceptors (Lipinski definition) is 0. The SMILES string of the molecule is ClCCCCl.ClCCCl. The number of hydrogen-bond donors (Lipinski definition) is 0. The highest BCUT2D eigenvalue weighted by atomic mass is 35.5. The maximum atomic E-state index is 5.22. The maximum absolute atomic E-state index is 5.22. The van der Waals surface area contributed by atoms with Crippen molar-refractivity contribution in [3.63, 3.8) is 0 Å². The van der Waals surface area contributed by atoms with Gasteiger partial charge in [-0.15, -0.1) is 46.4 Å². The summed E-state index contributed by atoms with van der Waals surface area (Å²) >= 11 is 20.5. The van der Waals surface area contributed by atoms with E-state index in [0.717, 1.165) is 6.42 Å². The Balaban J connectivity index is 0. The van der Waals surface area contributed by atoms with Gasteiger partial charge in [-0.05, 0) is 6.42 Å². The van der Waals surface area contributed by atoms with E-state index in [2.05, 4.69) is 0 Å². The second-order valence-corrected chi connectivity index (χ2v) is 2.62. The van der Waals surface area contributed by atoms with Crippen LogP contribution in [0.3, 0.4) is 0 Å². The fourth-order valence-electron chi connectivity index (χ4n) is 0.0505. The molecule has 0 heterocycles. The Morgan fingerprint density at radius 2 is 0.889 bits per heavy atom. The van der Waals surface area contributed by atoms with Crippen LogP contribution >= 0.6 is 46.4 Å². The fraction of sp³-hybridized carbons (Fsp3) is 1.00. The highest BCUT2D eigenvalue weighted by Crippen LogP contribution is 1.84. The lowest BCUT2D eigenvalue weighted by Gasteiger charge is -1.75. The van der Waals surface area contributed by atoms with Gasteiger partial charge in [0.15, 0.2) is 0 Å². The van der Waals surface area contributed by atoms with Crippen LogP contribution in [0.4, 0.5) is 0 Å². The lowest BCUT2D eigenvalue weighted by molar-refractivity contribution is 1.11. The van der Waals surface area contributed by atoms with Crippen LogP contribution in [-0.2, 0) is 0 Å². The van der Waals surface area contributed by atoms with Crippen LogP contribution in [0.2, 0.25) is 0 Å². The van der Waals surface area contributed by atoms with E-state index in [1.807, 2.05) is 0 Å². The molecule has 4 heteroatoms. The standard InChI is InChI=1S/C3H6Cl2.C2H4Cl2/c4-2-1-3-5;3-1-2-4/h1-3H2;1-2H2. The van der Waals surface area contributed by atoms with E-state index in [1.165, 1.54) is 0 Å². The molecule has 0 nitrogen and oxygen atoms in total. The molecule has 0 aliphatic heterocycles. The van der Waals surface area contributed by atoms with Crippen LogP contribution in [-0.4, -0.2) is 23.5 Å². The molecule has 0 rings (SSSR count). The van der Waals surface area contributed by atoms with Crippen molar-refractivity contribution in [2.75, 3.05) is 23.5 Å². The Morgan fingerprint density at radius 1 is 0.556 bits per heavy atom. The second-order valence-electron chi connectivity index (χ2n) is 1.11. The first-order valence-corrected chi connectivity index (χ1v) is 4.71. The predicted molar refractivity (Wildman–Crippen MR) is 47.5 cm³/mol. The molecule has 0 saturated carbocycles. The minimum Gasteiger partial charge on any atom is -0.127 e. The van der Waals surface area contributed by atoms with Crippen LogP contribution in [0.15, 0.2) is 0 Å². The van der Waals surface area contributed by atoms with Crippen molar-refractivity contribution in [2.24, 2.45) is 0 Å². The Morgan fingerprint density at radius 3 is 0.889 bits per heavy atom. The molecular weight excluding hydrogens is 202 g/mol. The lowest BCUT2D eigenvalue weighted by atomic mass is 10.6. The number of alkyl halides is 4. The smallest absolute Gasteiger partial charge is 0.0359 e. The zero-order chi connectivity index (χ0) is 7.54. The fourth-order valence-corrected chi connectivity index (χ4v) is 0.455. The van der Waals surface area contributed by atoms with Crippen LogP contribution < -0.4 is 0 Å². The molecule has 0 amide bonds. The largest absolute Gasteiger partial charge is 0.127 e. The third-order valence-electron chi connectivity index (χ3n) is 0.339. The van der Waals surface area contributed by atoms with E-state index >= 15 is 0 Å². The van der Waals surface area contributed by atoms with Gasteiger partial charge in [0.05, 0.1) is 0 Å². The normalized spacial score (nSPS) is 8.00. The van der Waals surface area contributed by atoms with Crippen molar-refractivity contribution in [1.82, 2.24) is 0 Å². The summed E-state index contributed by atoms with van der Waals surface area (Å²) in [4.78, 5) is 0. The molecule has 0 aliphatic carbocycles. The molecule has 0 bridgehead atoms. The van der Waals surface area contributed by atoms with E-state index in [-0.39, 0.29) is 0 Å². The van der Waals surface area contributed by atoms with E-state index in [0.29, 0.717) is 23.5 Å². The third kappa shape index (κ3) is 27.1. The van der Waals surface area contributed by atoms with Crippen LogP contribution in [0, 0.1) is 0 Å². The predicted octanol–water partition coefficient (Wildman–Crippen LogP) is 3.32. The van der Waals surface area contributed by atoms with Gasteiger partial charge in [0.1, 0.15) is 0 Å². The average molecular weight is 212 g/mol. The molecule has 0 fully saturated rings. The summed E-state index contributed by atoms with van der Waals surface area (Å²) in [5.74, 6) is 2.48. The van der Waals surface area contributed by atoms with Gasteiger partial charge in [0.25, 0.3) is 0 Å². The average Bonchev–Trinajstić information content (AvgIpc) is 1.91. The summed E-state index contributed by atoms with van der Waals surface area (Å²) in [6.07, 6.45) is 0.920. The summed E-state index contributed by atoms with van der Waals surface area (Å²) in [6.45, 7) is 0. The minimum absolute atomic E-state index is 0.557. The Labute approximate surface area is 76.4 Å². The molecule has 0 spiro atoms. The van der Waals surface area contributed by atoms with Crippen LogP contribution in [0.25, 0.3) is 0 Å². The second kappa shape index (κ2) is 16.1. The Hall–Kier alpha value is 1.16. The summed E-state index contributed by atoms with van der Waals surface area (Å²) < 4.78 is 0. The van der Waals surface area contributed by atoms with Crippen molar-refractivity contribution in [3.05, 3.63) is 0 Å². The van der Waals surface area contributed by atoms with Crippen molar-refractivity contribution in [2.45, 2.75) is 6.42 Å². The summed E-state index contributed by atoms with van der Waals surface area (Å²) in [6, 6.07) is 0. The molecule has 0 aromatic heterocycles. The monoisotopic (exact) mass is 210 g/mol. The van der Waals surface area contributed by atoms with Gasteiger partial charge in [-0.1, -0.05) is 0 Å². The van der Waals surface area contributed by atoms with Gasteiger partial charge in [-0.3, -0.25) is 0 Å². The summed E-state index contributed by atoms with van der Waals surface area (Å²) in [5.41, 5.74) is 0. The zero-order valence-corrected chi connectivity index (χ0v) is 8.07. The molecular formula is C5H10Cl4. The molecule has 0 N–H and O–H groups in total. The van der Waals surface area contributed by atoms with E-state index in [1.54, 1.807) is 0 Å². The van der Waals surface area contributed by atoms with E-state index in [4.69, 9.17) is 46.4 Å². The first kappa shape index (κ1) is 12.8. The number of rotatable bonds is 3. The van der Waals surface area contributed by atoms with Crippen molar-refractivity contribution in [3.8, 4) is 0 Å². The molecule has 0 radical (unpaired) electrons. The van der Waals surface area contributed by atoms with Gasteiger partial charge < -0.3 is 0 Å². The molecule has 58 valence electrons. The molecule has 0 saturated heterocycles. The first-order valence-electron chi connectivity index (χ1n) is 2.57. The van der Waals surface area contributed by atoms with Gasteiger partial charge in [0, 0.05) is 23.5 Å². The van der Waals surface area contributed by atoms with E-state index < -0.39 is 0 Å². The molecule has 9 heavy (non-hydrogen) atoms. The molecule has 0 aromatic carbocycles. The van der Waals surface area contributed by atoms with Crippen LogP contribution in [0.1, 0.15) is 6.42 Å². The highest BCUT2D eigenvalue weighted by Gasteiger charge is 1.72. The molecule has 0 atom stereocenters. The maximum Gasteiger partial charge on any atom is 0.0359 e. The Bertz CT molecular complexity index is 28.1. The molecule has 0 aliphatic rings. The van der Waals surface area contributed by atoms with Crippen LogP contribution in [0.5, 0.6) is 0 Å². The lowest BCUT2D eigenvalue weighted by Crippen LogP contribution is -1.70.